The van der Waals surface area contributed by atoms with Crippen LogP contribution in [-0.2, 0) is 6.42 Å². The maximum atomic E-state index is 12.5. The molecule has 134 valence electrons. The summed E-state index contributed by atoms with van der Waals surface area (Å²) in [5.74, 6) is 1.04. The minimum Gasteiger partial charge on any atom is -0.493 e. The average molecular weight is 352 g/mol. The molecule has 0 bridgehead atoms. The van der Waals surface area contributed by atoms with Gasteiger partial charge < -0.3 is 19.8 Å². The van der Waals surface area contributed by atoms with Gasteiger partial charge in [-0.25, -0.2) is 0 Å². The highest BCUT2D eigenvalue weighted by atomic mass is 16.5. The number of aromatic nitrogens is 1. The number of carbonyl (C=O) groups is 1. The molecule has 1 aromatic heterocycles. The first-order chi connectivity index (χ1) is 12.6. The molecule has 6 nitrogen and oxygen atoms in total. The fourth-order valence-corrected chi connectivity index (χ4v) is 2.84. The molecule has 0 aliphatic rings. The average Bonchev–Trinajstić information content (AvgIpc) is 2.67. The fourth-order valence-electron chi connectivity index (χ4n) is 2.84. The Kier molecular flexibility index (Phi) is 5.22. The number of ether oxygens (including phenoxy) is 2. The lowest BCUT2D eigenvalue weighted by atomic mass is 10.1. The quantitative estimate of drug-likeness (QED) is 0.714. The smallest absolute Gasteiger partial charge is 0.252 e. The number of hydrogen-bond acceptors (Lipinski definition) is 4. The van der Waals surface area contributed by atoms with E-state index in [9.17, 15) is 9.59 Å². The van der Waals surface area contributed by atoms with Gasteiger partial charge in [-0.2, -0.15) is 0 Å². The molecule has 0 saturated heterocycles. The summed E-state index contributed by atoms with van der Waals surface area (Å²) in [5.41, 5.74) is 1.73. The van der Waals surface area contributed by atoms with Gasteiger partial charge in [-0.3, -0.25) is 9.59 Å². The Morgan fingerprint density at radius 2 is 1.81 bits per heavy atom. The molecule has 2 N–H and O–H groups in total. The summed E-state index contributed by atoms with van der Waals surface area (Å²) in [6.07, 6.45) is 0.632. The summed E-state index contributed by atoms with van der Waals surface area (Å²) in [6, 6.07) is 14.2. The first-order valence-corrected chi connectivity index (χ1v) is 8.23. The number of aromatic amines is 1. The number of hydrogen-bond donors (Lipinski definition) is 2. The van der Waals surface area contributed by atoms with Gasteiger partial charge in [0.1, 0.15) is 0 Å². The van der Waals surface area contributed by atoms with Gasteiger partial charge in [0.15, 0.2) is 11.5 Å². The second kappa shape index (κ2) is 7.74. The second-order valence-electron chi connectivity index (χ2n) is 5.79. The zero-order valence-electron chi connectivity index (χ0n) is 14.7. The molecule has 1 heterocycles. The number of para-hydroxylation sites is 1. The lowest BCUT2D eigenvalue weighted by molar-refractivity contribution is 0.0955. The van der Waals surface area contributed by atoms with E-state index in [0.717, 1.165) is 10.9 Å². The molecule has 26 heavy (non-hydrogen) atoms. The van der Waals surface area contributed by atoms with E-state index in [1.165, 1.54) is 6.07 Å². The van der Waals surface area contributed by atoms with Gasteiger partial charge in [0.05, 0.1) is 19.8 Å². The summed E-state index contributed by atoms with van der Waals surface area (Å²) >= 11 is 0. The molecule has 1 amide bonds. The van der Waals surface area contributed by atoms with Crippen molar-refractivity contribution < 1.29 is 14.3 Å². The molecule has 0 aliphatic carbocycles. The van der Waals surface area contributed by atoms with Crippen molar-refractivity contribution >= 4 is 16.8 Å². The fraction of sp³-hybridized carbons (Fsp3) is 0.200. The topological polar surface area (TPSA) is 80.4 Å². The number of carbonyl (C=O) groups excluding carboxylic acids is 1. The highest BCUT2D eigenvalue weighted by Gasteiger charge is 2.11. The van der Waals surface area contributed by atoms with Crippen LogP contribution in [0.2, 0.25) is 0 Å². The van der Waals surface area contributed by atoms with Crippen molar-refractivity contribution in [2.24, 2.45) is 0 Å². The number of benzene rings is 2. The number of amides is 1. The van der Waals surface area contributed by atoms with Crippen LogP contribution in [0.5, 0.6) is 11.5 Å². The zero-order valence-corrected chi connectivity index (χ0v) is 14.7. The van der Waals surface area contributed by atoms with Gasteiger partial charge in [-0.1, -0.05) is 24.3 Å². The maximum absolute atomic E-state index is 12.5. The number of H-pyrrole nitrogens is 1. The van der Waals surface area contributed by atoms with Crippen LogP contribution >= 0.6 is 0 Å². The third-order valence-corrected chi connectivity index (χ3v) is 4.14. The van der Waals surface area contributed by atoms with Crippen molar-refractivity contribution in [1.82, 2.24) is 10.3 Å². The SMILES string of the molecule is COc1ccc(CCNC(=O)c2cc(=O)[nH]c3ccccc23)cc1OC. The Morgan fingerprint density at radius 1 is 1.04 bits per heavy atom. The van der Waals surface area contributed by atoms with Crippen LogP contribution < -0.4 is 20.3 Å². The predicted octanol–water partition coefficient (Wildman–Crippen LogP) is 2.52. The maximum Gasteiger partial charge on any atom is 0.252 e. The Balaban J connectivity index is 1.71. The van der Waals surface area contributed by atoms with E-state index in [4.69, 9.17) is 9.47 Å². The van der Waals surface area contributed by atoms with Crippen LogP contribution in [0.15, 0.2) is 53.3 Å². The Hall–Kier alpha value is -3.28. The summed E-state index contributed by atoms with van der Waals surface area (Å²) in [5, 5.41) is 3.59. The van der Waals surface area contributed by atoms with Gasteiger partial charge in [-0.05, 0) is 30.2 Å². The molecule has 0 unspecified atom stereocenters. The number of nitrogens with one attached hydrogen (secondary N) is 2. The minimum atomic E-state index is -0.297. The minimum absolute atomic E-state index is 0.271. The Morgan fingerprint density at radius 3 is 2.58 bits per heavy atom. The zero-order chi connectivity index (χ0) is 18.5. The van der Waals surface area contributed by atoms with E-state index in [1.54, 1.807) is 20.3 Å². The highest BCUT2D eigenvalue weighted by molar-refractivity contribution is 6.05. The van der Waals surface area contributed by atoms with E-state index < -0.39 is 0 Å². The molecule has 3 aromatic rings. The van der Waals surface area contributed by atoms with Crippen molar-refractivity contribution in [3.8, 4) is 11.5 Å². The Labute approximate surface area is 150 Å². The van der Waals surface area contributed by atoms with Crippen LogP contribution in [0.25, 0.3) is 10.9 Å². The van der Waals surface area contributed by atoms with Crippen LogP contribution in [0.1, 0.15) is 15.9 Å². The molecule has 0 atom stereocenters. The molecule has 0 radical (unpaired) electrons. The van der Waals surface area contributed by atoms with Crippen LogP contribution in [0.4, 0.5) is 0 Å². The third-order valence-electron chi connectivity index (χ3n) is 4.14. The highest BCUT2D eigenvalue weighted by Crippen LogP contribution is 2.27. The lowest BCUT2D eigenvalue weighted by Crippen LogP contribution is -2.27. The van der Waals surface area contributed by atoms with Crippen molar-refractivity contribution in [3.63, 3.8) is 0 Å². The Bertz CT molecular complexity index is 995. The molecule has 6 heteroatoms. The molecular weight excluding hydrogens is 332 g/mol. The molecule has 3 rings (SSSR count). The molecule has 2 aromatic carbocycles. The van der Waals surface area contributed by atoms with Crippen molar-refractivity contribution in [2.45, 2.75) is 6.42 Å². The van der Waals surface area contributed by atoms with E-state index in [0.29, 0.717) is 35.5 Å². The molecule has 0 saturated carbocycles. The van der Waals surface area contributed by atoms with Crippen LogP contribution in [0.3, 0.4) is 0 Å². The van der Waals surface area contributed by atoms with Gasteiger partial charge in [0.2, 0.25) is 5.56 Å². The summed E-state index contributed by atoms with van der Waals surface area (Å²) < 4.78 is 10.5. The standard InChI is InChI=1S/C20H20N2O4/c1-25-17-8-7-13(11-18(17)26-2)9-10-21-20(24)15-12-19(23)22-16-6-4-3-5-14(15)16/h3-8,11-12H,9-10H2,1-2H3,(H,21,24)(H,22,23). The van der Waals surface area contributed by atoms with E-state index in [2.05, 4.69) is 10.3 Å². The van der Waals surface area contributed by atoms with E-state index in [1.807, 2.05) is 36.4 Å². The second-order valence-corrected chi connectivity index (χ2v) is 5.79. The van der Waals surface area contributed by atoms with Crippen molar-refractivity contribution in [1.29, 1.82) is 0 Å². The first kappa shape index (κ1) is 17.5. The molecule has 0 aliphatic heterocycles. The summed E-state index contributed by atoms with van der Waals surface area (Å²) in [7, 11) is 3.17. The van der Waals surface area contributed by atoms with E-state index >= 15 is 0 Å². The number of fused-ring (bicyclic) bond motifs is 1. The van der Waals surface area contributed by atoms with Crippen molar-refractivity contribution in [3.05, 3.63) is 70.0 Å². The summed E-state index contributed by atoms with van der Waals surface area (Å²) in [4.78, 5) is 27.0. The number of rotatable bonds is 6. The van der Waals surface area contributed by atoms with Crippen LogP contribution in [-0.4, -0.2) is 31.7 Å². The first-order valence-electron chi connectivity index (χ1n) is 8.23. The van der Waals surface area contributed by atoms with E-state index in [-0.39, 0.29) is 11.5 Å². The van der Waals surface area contributed by atoms with Gasteiger partial charge in [0.25, 0.3) is 5.91 Å². The van der Waals surface area contributed by atoms with Crippen LogP contribution in [0, 0.1) is 0 Å². The third kappa shape index (κ3) is 3.69. The number of pyridine rings is 1. The van der Waals surface area contributed by atoms with Crippen molar-refractivity contribution in [2.75, 3.05) is 20.8 Å². The molecule has 0 fully saturated rings. The largest absolute Gasteiger partial charge is 0.493 e. The van der Waals surface area contributed by atoms with Gasteiger partial charge in [0, 0.05) is 23.5 Å². The molecular formula is C20H20N2O4. The molecule has 0 spiro atoms. The van der Waals surface area contributed by atoms with Gasteiger partial charge in [-0.15, -0.1) is 0 Å². The predicted molar refractivity (Wildman–Crippen MR) is 100 cm³/mol. The lowest BCUT2D eigenvalue weighted by Gasteiger charge is -2.10. The van der Waals surface area contributed by atoms with Gasteiger partial charge >= 0.3 is 0 Å². The normalized spacial score (nSPS) is 10.5. The summed E-state index contributed by atoms with van der Waals surface area (Å²) in [6.45, 7) is 0.440. The monoisotopic (exact) mass is 352 g/mol. The number of methoxy groups -OCH3 is 2.